The van der Waals surface area contributed by atoms with Crippen LogP contribution in [-0.2, 0) is 4.79 Å². The third-order valence-corrected chi connectivity index (χ3v) is 4.49. The van der Waals surface area contributed by atoms with Gasteiger partial charge in [-0.3, -0.25) is 9.48 Å². The number of carbonyl (C=O) groups excluding carboxylic acids is 1. The van der Waals surface area contributed by atoms with E-state index in [0.29, 0.717) is 0 Å². The quantitative estimate of drug-likeness (QED) is 0.416. The molecule has 2 aromatic rings. The standard InChI is InChI=1S/C14H9BrF7N3O/c1-3-5(15)11(13(21)22)24-25(3)4(2)14(26)23-12-9(19)7(17)6(16)8(18)10(12)20/h4,13H,1-2H3,(H,23,26). The Labute approximate surface area is 150 Å². The molecule has 0 aliphatic heterocycles. The van der Waals surface area contributed by atoms with Crippen molar-refractivity contribution in [2.75, 3.05) is 5.32 Å². The SMILES string of the molecule is Cc1c(Br)c(C(F)F)nn1C(C)C(=O)Nc1c(F)c(F)c(F)c(F)c1F. The highest BCUT2D eigenvalue weighted by Gasteiger charge is 2.30. The summed E-state index contributed by atoms with van der Waals surface area (Å²) in [6.45, 7) is 2.48. The first kappa shape index (κ1) is 20.2. The summed E-state index contributed by atoms with van der Waals surface area (Å²) in [4.78, 5) is 12.1. The molecule has 4 nitrogen and oxygen atoms in total. The molecule has 142 valence electrons. The van der Waals surface area contributed by atoms with Crippen molar-refractivity contribution >= 4 is 27.5 Å². The van der Waals surface area contributed by atoms with Crippen LogP contribution >= 0.6 is 15.9 Å². The molecule has 1 amide bonds. The molecule has 1 N–H and O–H groups in total. The van der Waals surface area contributed by atoms with E-state index in [9.17, 15) is 35.5 Å². The Kier molecular flexibility index (Phi) is 5.64. The lowest BCUT2D eigenvalue weighted by molar-refractivity contribution is -0.119. The normalized spacial score (nSPS) is 12.6. The molecule has 12 heteroatoms. The molecule has 0 spiro atoms. The molecule has 1 aromatic carbocycles. The average molecular weight is 448 g/mol. The van der Waals surface area contributed by atoms with Crippen LogP contribution in [0.3, 0.4) is 0 Å². The van der Waals surface area contributed by atoms with E-state index in [4.69, 9.17) is 0 Å². The molecule has 0 fully saturated rings. The molecular weight excluding hydrogens is 439 g/mol. The molecule has 0 bridgehead atoms. The molecular formula is C14H9BrF7N3O. The fourth-order valence-electron chi connectivity index (χ4n) is 2.09. The zero-order valence-electron chi connectivity index (χ0n) is 13.0. The van der Waals surface area contributed by atoms with Crippen molar-refractivity contribution < 1.29 is 35.5 Å². The van der Waals surface area contributed by atoms with Gasteiger partial charge in [0.25, 0.3) is 6.43 Å². The maximum Gasteiger partial charge on any atom is 0.283 e. The maximum absolute atomic E-state index is 13.6. The van der Waals surface area contributed by atoms with E-state index in [0.717, 1.165) is 11.6 Å². The van der Waals surface area contributed by atoms with Crippen LogP contribution in [0.15, 0.2) is 4.47 Å². The zero-order chi connectivity index (χ0) is 19.9. The highest BCUT2D eigenvalue weighted by Crippen LogP contribution is 2.31. The Morgan fingerprint density at radius 1 is 1.04 bits per heavy atom. The number of hydrogen-bond donors (Lipinski definition) is 1. The highest BCUT2D eigenvalue weighted by atomic mass is 79.9. The number of amides is 1. The molecule has 0 aliphatic carbocycles. The van der Waals surface area contributed by atoms with Crippen LogP contribution in [-0.4, -0.2) is 15.7 Å². The van der Waals surface area contributed by atoms with Crippen molar-refractivity contribution in [3.05, 3.63) is 44.9 Å². The number of anilines is 1. The molecule has 0 aliphatic rings. The van der Waals surface area contributed by atoms with Gasteiger partial charge in [-0.25, -0.2) is 30.7 Å². The predicted octanol–water partition coefficient (Wildman–Crippen LogP) is 4.79. The molecule has 1 aromatic heterocycles. The van der Waals surface area contributed by atoms with E-state index in [-0.39, 0.29) is 10.2 Å². The Hall–Kier alpha value is -2.11. The lowest BCUT2D eigenvalue weighted by Gasteiger charge is -2.16. The number of benzene rings is 1. The zero-order valence-corrected chi connectivity index (χ0v) is 14.6. The van der Waals surface area contributed by atoms with Crippen molar-refractivity contribution in [3.63, 3.8) is 0 Å². The lowest BCUT2D eigenvalue weighted by Crippen LogP contribution is -2.27. The van der Waals surface area contributed by atoms with Crippen molar-refractivity contribution in [2.24, 2.45) is 0 Å². The first-order valence-electron chi connectivity index (χ1n) is 6.83. The fourth-order valence-corrected chi connectivity index (χ4v) is 2.52. The molecule has 1 unspecified atom stereocenters. The summed E-state index contributed by atoms with van der Waals surface area (Å²) >= 11 is 2.88. The molecule has 1 atom stereocenters. The van der Waals surface area contributed by atoms with Crippen molar-refractivity contribution in [1.82, 2.24) is 9.78 Å². The van der Waals surface area contributed by atoms with E-state index < -0.39 is 58.8 Å². The van der Waals surface area contributed by atoms with Crippen LogP contribution in [0.1, 0.15) is 30.8 Å². The molecule has 0 saturated carbocycles. The Balaban J connectivity index is 2.39. The van der Waals surface area contributed by atoms with Gasteiger partial charge in [-0.1, -0.05) is 0 Å². The minimum Gasteiger partial charge on any atom is -0.319 e. The molecule has 0 saturated heterocycles. The van der Waals surface area contributed by atoms with Crippen molar-refractivity contribution in [2.45, 2.75) is 26.3 Å². The van der Waals surface area contributed by atoms with Gasteiger partial charge >= 0.3 is 0 Å². The van der Waals surface area contributed by atoms with E-state index in [1.165, 1.54) is 6.92 Å². The largest absolute Gasteiger partial charge is 0.319 e. The predicted molar refractivity (Wildman–Crippen MR) is 79.2 cm³/mol. The number of nitrogens with one attached hydrogen (secondary N) is 1. The van der Waals surface area contributed by atoms with Gasteiger partial charge in [-0.05, 0) is 29.8 Å². The second-order valence-corrected chi connectivity index (χ2v) is 5.93. The van der Waals surface area contributed by atoms with Gasteiger partial charge in [0, 0.05) is 0 Å². The smallest absolute Gasteiger partial charge is 0.283 e. The number of rotatable bonds is 4. The molecule has 1 heterocycles. The van der Waals surface area contributed by atoms with Gasteiger partial charge in [0.15, 0.2) is 23.3 Å². The van der Waals surface area contributed by atoms with Crippen molar-refractivity contribution in [3.8, 4) is 0 Å². The van der Waals surface area contributed by atoms with Crippen LogP contribution in [0.25, 0.3) is 0 Å². The Morgan fingerprint density at radius 3 is 1.92 bits per heavy atom. The topological polar surface area (TPSA) is 46.9 Å². The van der Waals surface area contributed by atoms with E-state index in [1.807, 2.05) is 0 Å². The van der Waals surface area contributed by atoms with Gasteiger partial charge in [0.1, 0.15) is 17.4 Å². The summed E-state index contributed by atoms with van der Waals surface area (Å²) in [5.41, 5.74) is -2.12. The molecule has 26 heavy (non-hydrogen) atoms. The number of carbonyl (C=O) groups is 1. The lowest BCUT2D eigenvalue weighted by atomic mass is 10.2. The van der Waals surface area contributed by atoms with E-state index in [1.54, 1.807) is 5.32 Å². The molecule has 2 rings (SSSR count). The van der Waals surface area contributed by atoms with Crippen LogP contribution in [0.2, 0.25) is 0 Å². The summed E-state index contributed by atoms with van der Waals surface area (Å²) in [6, 6.07) is -1.39. The minimum atomic E-state index is -2.96. The summed E-state index contributed by atoms with van der Waals surface area (Å²) in [6.07, 6.45) is -2.96. The van der Waals surface area contributed by atoms with Gasteiger partial charge in [-0.2, -0.15) is 5.10 Å². The summed E-state index contributed by atoms with van der Waals surface area (Å²) < 4.78 is 93.0. The monoisotopic (exact) mass is 447 g/mol. The maximum atomic E-state index is 13.6. The molecule has 0 radical (unpaired) electrons. The summed E-state index contributed by atoms with van der Waals surface area (Å²) in [5, 5.41) is 5.10. The Morgan fingerprint density at radius 2 is 1.50 bits per heavy atom. The second kappa shape index (κ2) is 7.25. The van der Waals surface area contributed by atoms with E-state index in [2.05, 4.69) is 21.0 Å². The fraction of sp³-hybridized carbons (Fsp3) is 0.286. The first-order valence-corrected chi connectivity index (χ1v) is 7.63. The summed E-state index contributed by atoms with van der Waals surface area (Å²) in [5.74, 6) is -12.5. The van der Waals surface area contributed by atoms with Gasteiger partial charge in [0.2, 0.25) is 11.7 Å². The highest BCUT2D eigenvalue weighted by molar-refractivity contribution is 9.10. The summed E-state index contributed by atoms with van der Waals surface area (Å²) in [7, 11) is 0. The first-order chi connectivity index (χ1) is 12.0. The number of aromatic nitrogens is 2. The van der Waals surface area contributed by atoms with Gasteiger partial charge in [0.05, 0.1) is 10.2 Å². The van der Waals surface area contributed by atoms with Crippen LogP contribution in [0, 0.1) is 36.0 Å². The van der Waals surface area contributed by atoms with E-state index >= 15 is 0 Å². The van der Waals surface area contributed by atoms with Crippen LogP contribution in [0.4, 0.5) is 36.4 Å². The third kappa shape index (κ3) is 3.29. The van der Waals surface area contributed by atoms with Crippen LogP contribution in [0.5, 0.6) is 0 Å². The number of alkyl halides is 2. The average Bonchev–Trinajstić information content (AvgIpc) is 2.90. The minimum absolute atomic E-state index is 0.0802. The number of halogens is 8. The van der Waals surface area contributed by atoms with Crippen molar-refractivity contribution in [1.29, 1.82) is 0 Å². The Bertz CT molecular complexity index is 855. The van der Waals surface area contributed by atoms with Gasteiger partial charge < -0.3 is 5.32 Å². The van der Waals surface area contributed by atoms with Crippen LogP contribution < -0.4 is 5.32 Å². The third-order valence-electron chi connectivity index (χ3n) is 3.51. The second-order valence-electron chi connectivity index (χ2n) is 5.14. The number of nitrogens with zero attached hydrogens (tertiary/aromatic N) is 2. The van der Waals surface area contributed by atoms with Gasteiger partial charge in [-0.15, -0.1) is 0 Å². The number of hydrogen-bond acceptors (Lipinski definition) is 2.